The smallest absolute Gasteiger partial charge is 0.418 e. The van der Waals surface area contributed by atoms with Crippen LogP contribution in [0.15, 0.2) is 6.07 Å². The molecule has 0 saturated heterocycles. The number of amides is 2. The number of carbonyl (C=O) groups is 2. The van der Waals surface area contributed by atoms with Crippen molar-refractivity contribution in [2.45, 2.75) is 84.7 Å². The van der Waals surface area contributed by atoms with Crippen molar-refractivity contribution < 1.29 is 24.1 Å². The Labute approximate surface area is 166 Å². The molecule has 2 amide bonds. The maximum Gasteiger partial charge on any atom is 0.418 e. The average molecular weight is 395 g/mol. The van der Waals surface area contributed by atoms with Gasteiger partial charge in [0.15, 0.2) is 5.60 Å². The highest BCUT2D eigenvalue weighted by Gasteiger charge is 2.50. The molecule has 0 spiro atoms. The van der Waals surface area contributed by atoms with E-state index in [1.165, 1.54) is 16.2 Å². The molecule has 0 fully saturated rings. The summed E-state index contributed by atoms with van der Waals surface area (Å²) in [5.41, 5.74) is -2.45. The molecular formula is C19H30BNO5S+. The Morgan fingerprint density at radius 3 is 2.19 bits per heavy atom. The fourth-order valence-corrected chi connectivity index (χ4v) is 3.63. The van der Waals surface area contributed by atoms with Crippen LogP contribution < -0.4 is 4.78 Å². The van der Waals surface area contributed by atoms with Crippen molar-refractivity contribution in [2.75, 3.05) is 0 Å². The lowest BCUT2D eigenvalue weighted by molar-refractivity contribution is -0.0892. The van der Waals surface area contributed by atoms with Gasteiger partial charge < -0.3 is 14.5 Å². The van der Waals surface area contributed by atoms with Crippen molar-refractivity contribution in [1.29, 1.82) is 0 Å². The Kier molecular flexibility index (Phi) is 5.36. The Morgan fingerprint density at radius 2 is 1.74 bits per heavy atom. The molecule has 0 unspecified atom stereocenters. The van der Waals surface area contributed by atoms with Gasteiger partial charge in [-0.05, 0) is 54.5 Å². The largest absolute Gasteiger partial charge is 0.443 e. The molecule has 2 N–H and O–H groups in total. The first-order valence-corrected chi connectivity index (χ1v) is 9.77. The van der Waals surface area contributed by atoms with Gasteiger partial charge in [-0.25, -0.2) is 9.69 Å². The summed E-state index contributed by atoms with van der Waals surface area (Å²) < 4.78 is 12.0. The number of hydrogen-bond donors (Lipinski definition) is 0. The van der Waals surface area contributed by atoms with Crippen molar-refractivity contribution in [3.05, 3.63) is 16.5 Å². The molecule has 149 valence electrons. The second kappa shape index (κ2) is 6.60. The minimum absolute atomic E-state index is 0.361. The van der Waals surface area contributed by atoms with Crippen LogP contribution in [0.2, 0.25) is 0 Å². The van der Waals surface area contributed by atoms with Crippen molar-refractivity contribution in [3.63, 3.8) is 0 Å². The highest BCUT2D eigenvalue weighted by Crippen LogP contribution is 2.42. The summed E-state index contributed by atoms with van der Waals surface area (Å²) in [6, 6.07) is 1.74. The van der Waals surface area contributed by atoms with Gasteiger partial charge in [0, 0.05) is 23.5 Å². The van der Waals surface area contributed by atoms with E-state index in [0.29, 0.717) is 5.56 Å². The zero-order chi connectivity index (χ0) is 21.0. The molecule has 0 aromatic carbocycles. The Morgan fingerprint density at radius 1 is 1.19 bits per heavy atom. The SMILES string of the molecule is CC(C)(C)OC(=O)N1C(=O)c2cc([B]OC(C)(C)C(C)(C)[OH2+])sc2C1(C)C. The van der Waals surface area contributed by atoms with Gasteiger partial charge in [-0.2, -0.15) is 0 Å². The number of fused-ring (bicyclic) bond motifs is 1. The molecular weight excluding hydrogens is 365 g/mol. The van der Waals surface area contributed by atoms with E-state index >= 15 is 0 Å². The van der Waals surface area contributed by atoms with Crippen LogP contribution in [0, 0.1) is 0 Å². The quantitative estimate of drug-likeness (QED) is 0.580. The van der Waals surface area contributed by atoms with E-state index < -0.39 is 28.4 Å². The van der Waals surface area contributed by atoms with Crippen LogP contribution in [0.3, 0.4) is 0 Å². The highest BCUT2D eigenvalue weighted by molar-refractivity contribution is 7.21. The molecule has 2 rings (SSSR count). The number of nitrogens with zero attached hydrogens (tertiary/aromatic N) is 1. The third kappa shape index (κ3) is 4.22. The zero-order valence-electron chi connectivity index (χ0n) is 17.6. The van der Waals surface area contributed by atoms with Gasteiger partial charge in [-0.1, -0.05) is 0 Å². The number of ether oxygens (including phenoxy) is 1. The lowest BCUT2D eigenvalue weighted by Crippen LogP contribution is -2.49. The Bertz CT molecular complexity index is 755. The summed E-state index contributed by atoms with van der Waals surface area (Å²) in [5, 5.41) is 8.18. The molecule has 1 aromatic heterocycles. The summed E-state index contributed by atoms with van der Waals surface area (Å²) in [6.45, 7) is 16.3. The van der Waals surface area contributed by atoms with E-state index in [2.05, 4.69) is 0 Å². The van der Waals surface area contributed by atoms with Gasteiger partial charge in [0.2, 0.25) is 0 Å². The van der Waals surface area contributed by atoms with Gasteiger partial charge in [0.1, 0.15) is 11.2 Å². The number of hydrogen-bond acceptors (Lipinski definition) is 5. The number of imide groups is 1. The van der Waals surface area contributed by atoms with Crippen LogP contribution in [-0.4, -0.2) is 46.3 Å². The summed E-state index contributed by atoms with van der Waals surface area (Å²) in [6.07, 6.45) is -0.639. The molecule has 0 atom stereocenters. The maximum atomic E-state index is 12.9. The fourth-order valence-electron chi connectivity index (χ4n) is 2.53. The van der Waals surface area contributed by atoms with Crippen LogP contribution in [0.5, 0.6) is 0 Å². The van der Waals surface area contributed by atoms with E-state index in [4.69, 9.17) is 14.5 Å². The lowest BCUT2D eigenvalue weighted by Gasteiger charge is -2.33. The monoisotopic (exact) mass is 395 g/mol. The number of rotatable bonds is 4. The zero-order valence-corrected chi connectivity index (χ0v) is 18.5. The second-order valence-corrected chi connectivity index (χ2v) is 10.5. The standard InChI is InChI=1S/C19H29BNO5S/c1-16(2,3)25-15(23)21-14(22)11-10-12(27-13(11)17(21,4)5)20-26-19(8,9)18(6,7)24/h10,24H,1-9H3/p+1. The van der Waals surface area contributed by atoms with E-state index in [-0.39, 0.29) is 5.91 Å². The van der Waals surface area contributed by atoms with Crippen molar-refractivity contribution >= 4 is 35.6 Å². The summed E-state index contributed by atoms with van der Waals surface area (Å²) in [7, 11) is 1.60. The van der Waals surface area contributed by atoms with Crippen LogP contribution in [0.4, 0.5) is 4.79 Å². The highest BCUT2D eigenvalue weighted by atomic mass is 32.1. The third-order valence-corrected chi connectivity index (χ3v) is 6.22. The molecule has 0 bridgehead atoms. The summed E-state index contributed by atoms with van der Waals surface area (Å²) >= 11 is 1.41. The first kappa shape index (κ1) is 21.9. The van der Waals surface area contributed by atoms with Gasteiger partial charge in [-0.15, -0.1) is 11.3 Å². The van der Waals surface area contributed by atoms with Crippen LogP contribution in [-0.2, 0) is 14.9 Å². The van der Waals surface area contributed by atoms with Crippen molar-refractivity contribution in [3.8, 4) is 0 Å². The van der Waals surface area contributed by atoms with E-state index in [1.54, 1.807) is 48.2 Å². The fraction of sp³-hybridized carbons (Fsp3) is 0.684. The molecule has 6 nitrogen and oxygen atoms in total. The van der Waals surface area contributed by atoms with Gasteiger partial charge in [-0.3, -0.25) is 4.79 Å². The van der Waals surface area contributed by atoms with Crippen molar-refractivity contribution in [2.24, 2.45) is 0 Å². The van der Waals surface area contributed by atoms with E-state index in [1.807, 2.05) is 27.7 Å². The minimum atomic E-state index is -0.796. The molecule has 2 heterocycles. The van der Waals surface area contributed by atoms with Crippen LogP contribution in [0.1, 0.15) is 77.5 Å². The van der Waals surface area contributed by atoms with Crippen LogP contribution >= 0.6 is 11.3 Å². The van der Waals surface area contributed by atoms with Gasteiger partial charge in [0.25, 0.3) is 5.91 Å². The summed E-state index contributed by atoms with van der Waals surface area (Å²) in [4.78, 5) is 27.4. The molecule has 27 heavy (non-hydrogen) atoms. The lowest BCUT2D eigenvalue weighted by atomic mass is 9.86. The summed E-state index contributed by atoms with van der Waals surface area (Å²) in [5.74, 6) is -0.361. The minimum Gasteiger partial charge on any atom is -0.443 e. The molecule has 0 saturated carbocycles. The third-order valence-electron chi connectivity index (χ3n) is 4.85. The van der Waals surface area contributed by atoms with Gasteiger partial charge >= 0.3 is 13.6 Å². The number of carbonyl (C=O) groups excluding carboxylic acids is 2. The second-order valence-electron chi connectivity index (χ2n) is 9.44. The van der Waals surface area contributed by atoms with E-state index in [9.17, 15) is 9.59 Å². The molecule has 8 heteroatoms. The Hall–Kier alpha value is -1.38. The van der Waals surface area contributed by atoms with Crippen LogP contribution in [0.25, 0.3) is 0 Å². The molecule has 1 aromatic rings. The maximum absolute atomic E-state index is 12.9. The molecule has 1 radical (unpaired) electrons. The first-order chi connectivity index (χ1) is 12.0. The normalized spacial score (nSPS) is 17.1. The first-order valence-electron chi connectivity index (χ1n) is 8.95. The predicted octanol–water partition coefficient (Wildman–Crippen LogP) is 2.92. The molecule has 1 aliphatic rings. The van der Waals surface area contributed by atoms with Crippen molar-refractivity contribution in [1.82, 2.24) is 4.90 Å². The predicted molar refractivity (Wildman–Crippen MR) is 108 cm³/mol. The van der Waals surface area contributed by atoms with Gasteiger partial charge in [0.05, 0.1) is 11.1 Å². The molecule has 0 aliphatic carbocycles. The number of thiophene rings is 1. The topological polar surface area (TPSA) is 78.7 Å². The average Bonchev–Trinajstić information content (AvgIpc) is 2.93. The molecule has 1 aliphatic heterocycles. The Balaban J connectivity index is 2.23. The van der Waals surface area contributed by atoms with E-state index in [0.717, 1.165) is 9.65 Å².